The lowest BCUT2D eigenvalue weighted by Crippen LogP contribution is -2.17. The van der Waals surface area contributed by atoms with Crippen molar-refractivity contribution in [1.29, 1.82) is 0 Å². The predicted molar refractivity (Wildman–Crippen MR) is 92.2 cm³/mol. The first kappa shape index (κ1) is 19.6. The third-order valence-electron chi connectivity index (χ3n) is 3.30. The number of ether oxygens (including phenoxy) is 3. The highest BCUT2D eigenvalue weighted by molar-refractivity contribution is 6.20. The average Bonchev–Trinajstić information content (AvgIpc) is 3.10. The van der Waals surface area contributed by atoms with Crippen molar-refractivity contribution >= 4 is 17.6 Å². The Balaban J connectivity index is 1.64. The van der Waals surface area contributed by atoms with Crippen LogP contribution in [-0.4, -0.2) is 22.3 Å². The van der Waals surface area contributed by atoms with Crippen LogP contribution in [-0.2, 0) is 4.74 Å². The normalized spacial score (nSPS) is 12.3. The Morgan fingerprint density at radius 3 is 2.50 bits per heavy atom. The molecule has 10 heteroatoms. The van der Waals surface area contributed by atoms with Crippen molar-refractivity contribution in [3.8, 4) is 17.5 Å². The maximum absolute atomic E-state index is 12.3. The van der Waals surface area contributed by atoms with Gasteiger partial charge in [0, 0.05) is 11.6 Å². The van der Waals surface area contributed by atoms with Crippen LogP contribution in [0.5, 0.6) is 17.5 Å². The highest BCUT2D eigenvalue weighted by Crippen LogP contribution is 2.28. The largest absolute Gasteiger partial charge is 0.573 e. The number of rotatable bonds is 6. The second-order valence-corrected chi connectivity index (χ2v) is 5.76. The van der Waals surface area contributed by atoms with Gasteiger partial charge in [-0.3, -0.25) is 0 Å². The molecule has 0 spiro atoms. The number of carbonyl (C=O) groups excluding carboxylic acids is 1. The summed E-state index contributed by atoms with van der Waals surface area (Å²) in [6.07, 6.45) is -3.67. The lowest BCUT2D eigenvalue weighted by molar-refractivity contribution is -0.274. The molecule has 146 valence electrons. The summed E-state index contributed by atoms with van der Waals surface area (Å²) in [5, 5.41) is 0. The molecule has 1 heterocycles. The van der Waals surface area contributed by atoms with Crippen LogP contribution in [0, 0.1) is 0 Å². The van der Waals surface area contributed by atoms with Crippen LogP contribution in [0.1, 0.15) is 21.6 Å². The fraction of sp³-hybridized carbons (Fsp3) is 0.111. The minimum Gasteiger partial charge on any atom is -0.437 e. The SMILES string of the molecule is O=C(OC(Cl)c1ccccc1)c1cnc(Oc2cccc(OC(F)(F)F)c2)[nH]1. The van der Waals surface area contributed by atoms with Crippen molar-refractivity contribution in [1.82, 2.24) is 9.97 Å². The average molecular weight is 413 g/mol. The number of halogens is 4. The molecular formula is C18H12ClF3N2O4. The molecule has 6 nitrogen and oxygen atoms in total. The van der Waals surface area contributed by atoms with Gasteiger partial charge in [-0.2, -0.15) is 0 Å². The topological polar surface area (TPSA) is 73.4 Å². The zero-order valence-electron chi connectivity index (χ0n) is 13.9. The van der Waals surface area contributed by atoms with Gasteiger partial charge in [0.1, 0.15) is 17.2 Å². The summed E-state index contributed by atoms with van der Waals surface area (Å²) in [6.45, 7) is 0. The lowest BCUT2D eigenvalue weighted by atomic mass is 10.2. The molecule has 0 aliphatic carbocycles. The van der Waals surface area contributed by atoms with Crippen molar-refractivity contribution in [2.45, 2.75) is 11.9 Å². The van der Waals surface area contributed by atoms with Crippen LogP contribution in [0.25, 0.3) is 0 Å². The van der Waals surface area contributed by atoms with Gasteiger partial charge >= 0.3 is 12.3 Å². The van der Waals surface area contributed by atoms with E-state index in [9.17, 15) is 18.0 Å². The van der Waals surface area contributed by atoms with Gasteiger partial charge in [0.05, 0.1) is 6.20 Å². The monoisotopic (exact) mass is 412 g/mol. The van der Waals surface area contributed by atoms with Crippen LogP contribution in [0.15, 0.2) is 60.8 Å². The molecule has 0 amide bonds. The number of nitrogens with zero attached hydrogens (tertiary/aromatic N) is 1. The van der Waals surface area contributed by atoms with Crippen LogP contribution < -0.4 is 9.47 Å². The fourth-order valence-corrected chi connectivity index (χ4v) is 2.36. The van der Waals surface area contributed by atoms with E-state index in [1.807, 2.05) is 0 Å². The van der Waals surface area contributed by atoms with Gasteiger partial charge < -0.3 is 19.2 Å². The summed E-state index contributed by atoms with van der Waals surface area (Å²) in [6, 6.07) is 13.4. The summed E-state index contributed by atoms with van der Waals surface area (Å²) >= 11 is 6.04. The zero-order chi connectivity index (χ0) is 20.1. The van der Waals surface area contributed by atoms with Crippen molar-refractivity contribution in [3.63, 3.8) is 0 Å². The number of carbonyl (C=O) groups is 1. The van der Waals surface area contributed by atoms with Gasteiger partial charge in [-0.25, -0.2) is 9.78 Å². The van der Waals surface area contributed by atoms with Gasteiger partial charge in [0.15, 0.2) is 0 Å². The number of imidazole rings is 1. The Bertz CT molecular complexity index is 947. The molecular weight excluding hydrogens is 401 g/mol. The third-order valence-corrected chi connectivity index (χ3v) is 3.64. The minimum absolute atomic E-state index is 0.0236. The van der Waals surface area contributed by atoms with E-state index in [-0.39, 0.29) is 17.5 Å². The lowest BCUT2D eigenvalue weighted by Gasteiger charge is -2.10. The first-order valence-corrected chi connectivity index (χ1v) is 8.22. The Kier molecular flexibility index (Phi) is 5.74. The highest BCUT2D eigenvalue weighted by Gasteiger charge is 2.31. The van der Waals surface area contributed by atoms with Crippen molar-refractivity contribution < 1.29 is 32.2 Å². The van der Waals surface area contributed by atoms with E-state index in [2.05, 4.69) is 14.7 Å². The second-order valence-electron chi connectivity index (χ2n) is 5.36. The second kappa shape index (κ2) is 8.22. The molecule has 0 aliphatic rings. The van der Waals surface area contributed by atoms with Gasteiger partial charge in [0.2, 0.25) is 5.56 Å². The van der Waals surface area contributed by atoms with E-state index in [1.165, 1.54) is 12.1 Å². The van der Waals surface area contributed by atoms with Gasteiger partial charge in [-0.15, -0.1) is 13.2 Å². The maximum Gasteiger partial charge on any atom is 0.573 e. The third kappa shape index (κ3) is 5.40. The summed E-state index contributed by atoms with van der Waals surface area (Å²) in [4.78, 5) is 18.5. The molecule has 0 aliphatic heterocycles. The number of nitrogens with one attached hydrogen (secondary N) is 1. The molecule has 0 bridgehead atoms. The van der Waals surface area contributed by atoms with E-state index in [4.69, 9.17) is 21.1 Å². The van der Waals surface area contributed by atoms with E-state index in [0.717, 1.165) is 18.3 Å². The first-order chi connectivity index (χ1) is 13.3. The van der Waals surface area contributed by atoms with Crippen LogP contribution in [0.4, 0.5) is 13.2 Å². The molecule has 28 heavy (non-hydrogen) atoms. The van der Waals surface area contributed by atoms with Crippen LogP contribution >= 0.6 is 11.6 Å². The molecule has 2 aromatic carbocycles. The van der Waals surface area contributed by atoms with Crippen LogP contribution in [0.3, 0.4) is 0 Å². The number of H-pyrrole nitrogens is 1. The Hall–Kier alpha value is -3.20. The van der Waals surface area contributed by atoms with E-state index in [1.54, 1.807) is 30.3 Å². The first-order valence-electron chi connectivity index (χ1n) is 7.79. The Morgan fingerprint density at radius 2 is 1.79 bits per heavy atom. The smallest absolute Gasteiger partial charge is 0.437 e. The molecule has 0 fully saturated rings. The fourth-order valence-electron chi connectivity index (χ4n) is 2.13. The van der Waals surface area contributed by atoms with Gasteiger partial charge in [-0.1, -0.05) is 48.0 Å². The number of aromatic nitrogens is 2. The zero-order valence-corrected chi connectivity index (χ0v) is 14.7. The molecule has 1 aromatic heterocycles. The van der Waals surface area contributed by atoms with Gasteiger partial charge in [-0.05, 0) is 12.1 Å². The maximum atomic E-state index is 12.3. The highest BCUT2D eigenvalue weighted by atomic mass is 35.5. The molecule has 0 saturated carbocycles. The molecule has 3 rings (SSSR count). The molecule has 3 aromatic rings. The molecule has 1 N–H and O–H groups in total. The van der Waals surface area contributed by atoms with E-state index < -0.39 is 23.6 Å². The Labute approximate surface area is 161 Å². The van der Waals surface area contributed by atoms with Crippen molar-refractivity contribution in [2.24, 2.45) is 0 Å². The molecule has 1 unspecified atom stereocenters. The summed E-state index contributed by atoms with van der Waals surface area (Å²) in [5.74, 6) is -1.21. The number of benzene rings is 2. The van der Waals surface area contributed by atoms with Crippen molar-refractivity contribution in [2.75, 3.05) is 0 Å². The number of hydrogen-bond acceptors (Lipinski definition) is 5. The van der Waals surface area contributed by atoms with Gasteiger partial charge in [0.25, 0.3) is 6.01 Å². The number of hydrogen-bond donors (Lipinski definition) is 1. The number of esters is 1. The molecule has 0 radical (unpaired) electrons. The summed E-state index contributed by atoms with van der Waals surface area (Å²) in [7, 11) is 0. The number of aromatic amines is 1. The van der Waals surface area contributed by atoms with E-state index in [0.29, 0.717) is 5.56 Å². The minimum atomic E-state index is -4.82. The summed E-state index contributed by atoms with van der Waals surface area (Å²) in [5.41, 5.74) is -0.452. The number of alkyl halides is 4. The molecule has 0 saturated heterocycles. The summed E-state index contributed by atoms with van der Waals surface area (Å²) < 4.78 is 51.0. The van der Waals surface area contributed by atoms with E-state index >= 15 is 0 Å². The molecule has 1 atom stereocenters. The predicted octanol–water partition coefficient (Wildman–Crippen LogP) is 5.20. The van der Waals surface area contributed by atoms with Crippen molar-refractivity contribution in [3.05, 3.63) is 72.1 Å². The standard InChI is InChI=1S/C18H12ClF3N2O4/c19-15(11-5-2-1-3-6-11)27-16(25)14-10-23-17(24-14)26-12-7-4-8-13(9-12)28-18(20,21)22/h1-10,15H,(H,23,24). The van der Waals surface area contributed by atoms with Crippen LogP contribution in [0.2, 0.25) is 0 Å². The quantitative estimate of drug-likeness (QED) is 0.445. The Morgan fingerprint density at radius 1 is 1.07 bits per heavy atom.